The number of nitrogens with two attached hydrogens (primary N) is 1. The van der Waals surface area contributed by atoms with Crippen molar-refractivity contribution in [2.75, 3.05) is 40.5 Å². The van der Waals surface area contributed by atoms with Gasteiger partial charge >= 0.3 is 0 Å². The molecule has 17 heavy (non-hydrogen) atoms. The summed E-state index contributed by atoms with van der Waals surface area (Å²) < 4.78 is 10.4. The molecule has 0 saturated heterocycles. The summed E-state index contributed by atoms with van der Waals surface area (Å²) in [6.45, 7) is 9.75. The molecule has 0 radical (unpaired) electrons. The Morgan fingerprint density at radius 3 is 2.24 bits per heavy atom. The highest BCUT2D eigenvalue weighted by molar-refractivity contribution is 4.81. The Bertz CT molecular complexity index is 179. The summed E-state index contributed by atoms with van der Waals surface area (Å²) in [5.41, 5.74) is 5.93. The van der Waals surface area contributed by atoms with Gasteiger partial charge in [-0.1, -0.05) is 13.8 Å². The van der Waals surface area contributed by atoms with Gasteiger partial charge < -0.3 is 15.2 Å². The van der Waals surface area contributed by atoms with Crippen LogP contribution in [0.15, 0.2) is 0 Å². The van der Waals surface area contributed by atoms with Gasteiger partial charge in [0, 0.05) is 39.4 Å². The SMILES string of the molecule is CCC(C)N(CCOC)C(CN)C(C)COC. The molecule has 0 heterocycles. The molecule has 0 fully saturated rings. The molecular formula is C13H30N2O2. The predicted octanol–water partition coefficient (Wildman–Crippen LogP) is 1.34. The molecule has 0 aliphatic rings. The van der Waals surface area contributed by atoms with Gasteiger partial charge in [-0.2, -0.15) is 0 Å². The molecule has 4 heteroatoms. The van der Waals surface area contributed by atoms with Crippen molar-refractivity contribution in [3.8, 4) is 0 Å². The third kappa shape index (κ3) is 5.82. The fourth-order valence-electron chi connectivity index (χ4n) is 2.21. The molecule has 0 aliphatic heterocycles. The molecule has 3 unspecified atom stereocenters. The van der Waals surface area contributed by atoms with Crippen LogP contribution in [-0.2, 0) is 9.47 Å². The molecule has 4 nitrogen and oxygen atoms in total. The molecule has 0 aliphatic carbocycles. The summed E-state index contributed by atoms with van der Waals surface area (Å²) in [4.78, 5) is 2.45. The first-order valence-corrected chi connectivity index (χ1v) is 6.55. The maximum Gasteiger partial charge on any atom is 0.0589 e. The number of hydrogen-bond donors (Lipinski definition) is 1. The summed E-state index contributed by atoms with van der Waals surface area (Å²) in [6, 6.07) is 0.887. The quantitative estimate of drug-likeness (QED) is 0.632. The topological polar surface area (TPSA) is 47.7 Å². The fourth-order valence-corrected chi connectivity index (χ4v) is 2.21. The van der Waals surface area contributed by atoms with Crippen molar-refractivity contribution >= 4 is 0 Å². The first-order valence-electron chi connectivity index (χ1n) is 6.55. The largest absolute Gasteiger partial charge is 0.384 e. The van der Waals surface area contributed by atoms with Gasteiger partial charge in [-0.3, -0.25) is 4.90 Å². The second kappa shape index (κ2) is 9.83. The molecule has 0 bridgehead atoms. The Kier molecular flexibility index (Phi) is 9.74. The average molecular weight is 246 g/mol. The standard InChI is InChI=1S/C13H30N2O2/c1-6-12(3)15(7-8-16-4)13(9-14)11(2)10-17-5/h11-13H,6-10,14H2,1-5H3. The van der Waals surface area contributed by atoms with E-state index in [0.29, 0.717) is 24.5 Å². The van der Waals surface area contributed by atoms with Crippen molar-refractivity contribution in [1.82, 2.24) is 4.90 Å². The highest BCUT2D eigenvalue weighted by Crippen LogP contribution is 2.16. The molecule has 0 aromatic carbocycles. The van der Waals surface area contributed by atoms with Crippen molar-refractivity contribution in [2.45, 2.75) is 39.3 Å². The van der Waals surface area contributed by atoms with E-state index in [2.05, 4.69) is 25.7 Å². The van der Waals surface area contributed by atoms with Crippen LogP contribution in [0.3, 0.4) is 0 Å². The van der Waals surface area contributed by atoms with E-state index >= 15 is 0 Å². The van der Waals surface area contributed by atoms with E-state index in [0.717, 1.165) is 26.2 Å². The molecule has 104 valence electrons. The van der Waals surface area contributed by atoms with Gasteiger partial charge in [-0.15, -0.1) is 0 Å². The smallest absolute Gasteiger partial charge is 0.0589 e. The Morgan fingerprint density at radius 2 is 1.82 bits per heavy atom. The van der Waals surface area contributed by atoms with Gasteiger partial charge in [0.1, 0.15) is 0 Å². The highest BCUT2D eigenvalue weighted by Gasteiger charge is 2.26. The van der Waals surface area contributed by atoms with E-state index in [9.17, 15) is 0 Å². The lowest BCUT2D eigenvalue weighted by molar-refractivity contribution is 0.0418. The molecule has 3 atom stereocenters. The minimum atomic E-state index is 0.361. The van der Waals surface area contributed by atoms with Crippen LogP contribution >= 0.6 is 0 Å². The van der Waals surface area contributed by atoms with Crippen LogP contribution < -0.4 is 5.73 Å². The Morgan fingerprint density at radius 1 is 1.18 bits per heavy atom. The predicted molar refractivity (Wildman–Crippen MR) is 72.2 cm³/mol. The van der Waals surface area contributed by atoms with Crippen LogP contribution in [0, 0.1) is 5.92 Å². The highest BCUT2D eigenvalue weighted by atomic mass is 16.5. The zero-order valence-electron chi connectivity index (χ0n) is 12.1. The van der Waals surface area contributed by atoms with Gasteiger partial charge in [0.2, 0.25) is 0 Å². The van der Waals surface area contributed by atoms with Crippen LogP contribution in [0.1, 0.15) is 27.2 Å². The van der Waals surface area contributed by atoms with E-state index in [1.54, 1.807) is 14.2 Å². The van der Waals surface area contributed by atoms with Crippen molar-refractivity contribution in [2.24, 2.45) is 11.7 Å². The molecule has 2 N–H and O–H groups in total. The van der Waals surface area contributed by atoms with Crippen LogP contribution in [0.25, 0.3) is 0 Å². The fraction of sp³-hybridized carbons (Fsp3) is 1.00. The molecule has 0 aromatic heterocycles. The number of rotatable bonds is 10. The Hall–Kier alpha value is -0.160. The zero-order valence-corrected chi connectivity index (χ0v) is 12.1. The minimum absolute atomic E-state index is 0.361. The number of ether oxygens (including phenoxy) is 2. The summed E-state index contributed by atoms with van der Waals surface area (Å²) in [5.74, 6) is 0.441. The molecule has 0 amide bonds. The Labute approximate surface area is 106 Å². The van der Waals surface area contributed by atoms with Crippen LogP contribution in [0.2, 0.25) is 0 Å². The monoisotopic (exact) mass is 246 g/mol. The average Bonchev–Trinajstić information content (AvgIpc) is 2.33. The van der Waals surface area contributed by atoms with Crippen molar-refractivity contribution < 1.29 is 9.47 Å². The molecule has 0 spiro atoms. The van der Waals surface area contributed by atoms with Crippen LogP contribution in [0.4, 0.5) is 0 Å². The minimum Gasteiger partial charge on any atom is -0.384 e. The molecular weight excluding hydrogens is 216 g/mol. The maximum absolute atomic E-state index is 5.93. The van der Waals surface area contributed by atoms with E-state index < -0.39 is 0 Å². The van der Waals surface area contributed by atoms with Gasteiger partial charge in [-0.05, 0) is 19.3 Å². The van der Waals surface area contributed by atoms with E-state index in [1.165, 1.54) is 0 Å². The van der Waals surface area contributed by atoms with Gasteiger partial charge in [0.05, 0.1) is 13.2 Å². The lowest BCUT2D eigenvalue weighted by atomic mass is 9.99. The van der Waals surface area contributed by atoms with Crippen molar-refractivity contribution in [3.05, 3.63) is 0 Å². The summed E-state index contributed by atoms with van der Waals surface area (Å²) in [7, 11) is 3.48. The number of nitrogens with zero attached hydrogens (tertiary/aromatic N) is 1. The summed E-state index contributed by atoms with van der Waals surface area (Å²) in [5, 5.41) is 0. The second-order valence-corrected chi connectivity index (χ2v) is 4.72. The lowest BCUT2D eigenvalue weighted by Gasteiger charge is -2.38. The zero-order chi connectivity index (χ0) is 13.3. The summed E-state index contributed by atoms with van der Waals surface area (Å²) in [6.07, 6.45) is 1.12. The second-order valence-electron chi connectivity index (χ2n) is 4.72. The number of hydrogen-bond acceptors (Lipinski definition) is 4. The van der Waals surface area contributed by atoms with Crippen LogP contribution in [0.5, 0.6) is 0 Å². The van der Waals surface area contributed by atoms with Gasteiger partial charge in [0.25, 0.3) is 0 Å². The molecule has 0 rings (SSSR count). The van der Waals surface area contributed by atoms with E-state index in [4.69, 9.17) is 15.2 Å². The normalized spacial score (nSPS) is 17.1. The molecule has 0 aromatic rings. The van der Waals surface area contributed by atoms with Gasteiger partial charge in [-0.25, -0.2) is 0 Å². The number of methoxy groups -OCH3 is 2. The third-order valence-electron chi connectivity index (χ3n) is 3.46. The van der Waals surface area contributed by atoms with E-state index in [-0.39, 0.29) is 0 Å². The van der Waals surface area contributed by atoms with Gasteiger partial charge in [0.15, 0.2) is 0 Å². The third-order valence-corrected chi connectivity index (χ3v) is 3.46. The van der Waals surface area contributed by atoms with Crippen LogP contribution in [-0.4, -0.2) is 57.5 Å². The van der Waals surface area contributed by atoms with Crippen molar-refractivity contribution in [1.29, 1.82) is 0 Å². The van der Waals surface area contributed by atoms with Crippen molar-refractivity contribution in [3.63, 3.8) is 0 Å². The molecule has 0 saturated carbocycles. The maximum atomic E-state index is 5.93. The Balaban J connectivity index is 4.58. The summed E-state index contributed by atoms with van der Waals surface area (Å²) >= 11 is 0. The van der Waals surface area contributed by atoms with E-state index in [1.807, 2.05) is 0 Å². The first kappa shape index (κ1) is 16.8. The lowest BCUT2D eigenvalue weighted by Crippen LogP contribution is -2.51. The first-order chi connectivity index (χ1) is 8.12.